The van der Waals surface area contributed by atoms with Gasteiger partial charge >= 0.3 is 0 Å². The summed E-state index contributed by atoms with van der Waals surface area (Å²) in [5.41, 5.74) is 9.44. The van der Waals surface area contributed by atoms with Crippen molar-refractivity contribution in [1.29, 1.82) is 0 Å². The normalized spacial score (nSPS) is 13.4. The van der Waals surface area contributed by atoms with Crippen molar-refractivity contribution in [3.05, 3.63) is 130 Å². The molecule has 1 atom stereocenters. The molecule has 3 aromatic carbocycles. The molecule has 4 N–H and O–H groups in total. The lowest BCUT2D eigenvalue weighted by Gasteiger charge is -2.36. The van der Waals surface area contributed by atoms with Gasteiger partial charge in [0, 0.05) is 56.4 Å². The molecule has 4 aromatic rings. The SMILES string of the molecule is C=CN(C)/C(=C\N)C(O)(c1ccc(CNCCN(C)C)cc1)c1ccc2c(c1)c(-c1cccc(Cl)c1)cc(=O)n2C. The van der Waals surface area contributed by atoms with Gasteiger partial charge in [-0.1, -0.05) is 60.6 Å². The Hall–Kier alpha value is -3.88. The number of likely N-dealkylation sites (N-methyl/N-ethyl adjacent to an activating group) is 2. The summed E-state index contributed by atoms with van der Waals surface area (Å²) in [6.45, 7) is 6.42. The summed E-state index contributed by atoms with van der Waals surface area (Å²) in [5, 5.41) is 17.4. The van der Waals surface area contributed by atoms with Crippen LogP contribution in [0.4, 0.5) is 0 Å². The number of pyridine rings is 1. The topological polar surface area (TPSA) is 86.8 Å². The first-order valence-corrected chi connectivity index (χ1v) is 13.8. The van der Waals surface area contributed by atoms with Gasteiger partial charge in [-0.3, -0.25) is 4.79 Å². The molecule has 1 heterocycles. The fourth-order valence-corrected chi connectivity index (χ4v) is 5.22. The molecule has 7 nitrogen and oxygen atoms in total. The Morgan fingerprint density at radius 2 is 1.78 bits per heavy atom. The number of hydrogen-bond acceptors (Lipinski definition) is 6. The Kier molecular flexibility index (Phi) is 9.35. The van der Waals surface area contributed by atoms with Crippen LogP contribution in [0.2, 0.25) is 5.02 Å². The van der Waals surface area contributed by atoms with Crippen molar-refractivity contribution in [1.82, 2.24) is 19.7 Å². The highest BCUT2D eigenvalue weighted by Crippen LogP contribution is 2.40. The first-order valence-electron chi connectivity index (χ1n) is 13.4. The van der Waals surface area contributed by atoms with Crippen molar-refractivity contribution in [2.24, 2.45) is 12.8 Å². The van der Waals surface area contributed by atoms with Gasteiger partial charge in [-0.05, 0) is 72.4 Å². The van der Waals surface area contributed by atoms with Gasteiger partial charge in [-0.25, -0.2) is 0 Å². The van der Waals surface area contributed by atoms with E-state index in [-0.39, 0.29) is 5.56 Å². The monoisotopic (exact) mass is 571 g/mol. The number of nitrogens with two attached hydrogens (primary N) is 1. The van der Waals surface area contributed by atoms with Crippen molar-refractivity contribution in [2.45, 2.75) is 12.1 Å². The second-order valence-corrected chi connectivity index (χ2v) is 10.9. The summed E-state index contributed by atoms with van der Waals surface area (Å²) < 4.78 is 1.60. The van der Waals surface area contributed by atoms with Gasteiger partial charge in [0.25, 0.3) is 5.56 Å². The molecule has 0 spiro atoms. The van der Waals surface area contributed by atoms with E-state index in [1.54, 1.807) is 41.9 Å². The molecule has 1 aromatic heterocycles. The predicted molar refractivity (Wildman–Crippen MR) is 170 cm³/mol. The Balaban J connectivity index is 1.88. The van der Waals surface area contributed by atoms with Gasteiger partial charge in [0.05, 0.1) is 11.2 Å². The number of aromatic nitrogens is 1. The Morgan fingerprint density at radius 3 is 2.41 bits per heavy atom. The van der Waals surface area contributed by atoms with E-state index in [1.807, 2.05) is 74.8 Å². The quantitative estimate of drug-likeness (QED) is 0.228. The van der Waals surface area contributed by atoms with E-state index >= 15 is 0 Å². The third-order valence-corrected chi connectivity index (χ3v) is 7.65. The van der Waals surface area contributed by atoms with Crippen molar-refractivity contribution < 1.29 is 5.11 Å². The van der Waals surface area contributed by atoms with Gasteiger partial charge in [0.1, 0.15) is 0 Å². The molecular formula is C33H38ClN5O2. The van der Waals surface area contributed by atoms with E-state index in [2.05, 4.69) is 16.8 Å². The second kappa shape index (κ2) is 12.7. The maximum absolute atomic E-state index is 12.9. The number of aliphatic hydroxyl groups is 1. The Bertz CT molecular complexity index is 1630. The van der Waals surface area contributed by atoms with Crippen LogP contribution in [0, 0.1) is 0 Å². The lowest BCUT2D eigenvalue weighted by atomic mass is 9.81. The van der Waals surface area contributed by atoms with Gasteiger partial charge in [0.15, 0.2) is 5.60 Å². The molecule has 0 saturated carbocycles. The number of nitrogens with zero attached hydrogens (tertiary/aromatic N) is 3. The molecule has 0 bridgehead atoms. The molecule has 0 fully saturated rings. The molecule has 214 valence electrons. The molecule has 0 aliphatic rings. The van der Waals surface area contributed by atoms with Crippen molar-refractivity contribution >= 4 is 22.5 Å². The number of hydrogen-bond donors (Lipinski definition) is 3. The molecule has 0 aliphatic heterocycles. The van der Waals surface area contributed by atoms with Crippen LogP contribution in [0.15, 0.2) is 102 Å². The van der Waals surface area contributed by atoms with Crippen molar-refractivity contribution in [3.63, 3.8) is 0 Å². The summed E-state index contributed by atoms with van der Waals surface area (Å²) >= 11 is 6.31. The second-order valence-electron chi connectivity index (χ2n) is 10.4. The lowest BCUT2D eigenvalue weighted by Crippen LogP contribution is -2.37. The molecule has 0 amide bonds. The average molecular weight is 572 g/mol. The highest BCUT2D eigenvalue weighted by Gasteiger charge is 2.38. The third-order valence-electron chi connectivity index (χ3n) is 7.42. The largest absolute Gasteiger partial charge is 0.403 e. The molecule has 0 radical (unpaired) electrons. The van der Waals surface area contributed by atoms with E-state index in [0.717, 1.165) is 40.7 Å². The van der Waals surface area contributed by atoms with Crippen molar-refractivity contribution in [2.75, 3.05) is 34.2 Å². The zero-order valence-electron chi connectivity index (χ0n) is 24.1. The molecule has 1 unspecified atom stereocenters. The molecule has 8 heteroatoms. The number of fused-ring (bicyclic) bond motifs is 1. The van der Waals surface area contributed by atoms with Gasteiger partial charge in [-0.2, -0.15) is 0 Å². The van der Waals surface area contributed by atoms with Crippen LogP contribution >= 0.6 is 11.6 Å². The van der Waals surface area contributed by atoms with Gasteiger partial charge in [-0.15, -0.1) is 0 Å². The zero-order chi connectivity index (χ0) is 29.7. The van der Waals surface area contributed by atoms with E-state index in [9.17, 15) is 9.90 Å². The maximum atomic E-state index is 12.9. The average Bonchev–Trinajstić information content (AvgIpc) is 2.97. The summed E-state index contributed by atoms with van der Waals surface area (Å²) in [6.07, 6.45) is 3.01. The number of halogens is 1. The minimum absolute atomic E-state index is 0.140. The zero-order valence-corrected chi connectivity index (χ0v) is 24.8. The van der Waals surface area contributed by atoms with Crippen LogP contribution in [-0.4, -0.2) is 53.7 Å². The third kappa shape index (κ3) is 6.24. The minimum Gasteiger partial charge on any atom is -0.403 e. The van der Waals surface area contributed by atoms with Crippen LogP contribution in [-0.2, 0) is 19.2 Å². The summed E-state index contributed by atoms with van der Waals surface area (Å²) in [5.74, 6) is 0. The first kappa shape index (κ1) is 30.1. The van der Waals surface area contributed by atoms with Crippen LogP contribution in [0.5, 0.6) is 0 Å². The van der Waals surface area contributed by atoms with Crippen LogP contribution in [0.1, 0.15) is 16.7 Å². The smallest absolute Gasteiger partial charge is 0.251 e. The van der Waals surface area contributed by atoms with Gasteiger partial charge < -0.3 is 30.5 Å². The fraction of sp³-hybridized carbons (Fsp3) is 0.242. The standard InChI is InChI=1S/C33H38ClN5O2/c1-6-38(4)31(21-35)33(41,25-12-10-23(11-13-25)22-36-16-17-37(2)3)26-14-15-30-29(19-26)28(20-32(40)39(30)5)24-8-7-9-27(34)18-24/h6-15,18-21,36,41H,1,16-17,22,35H2,2-5H3/b31-21-. The lowest BCUT2D eigenvalue weighted by molar-refractivity contribution is 0.0968. The van der Waals surface area contributed by atoms with E-state index in [4.69, 9.17) is 17.3 Å². The summed E-state index contributed by atoms with van der Waals surface area (Å²) in [6, 6.07) is 22.5. The molecule has 0 aliphatic carbocycles. The fourth-order valence-electron chi connectivity index (χ4n) is 5.03. The number of aryl methyl sites for hydroxylation is 1. The van der Waals surface area contributed by atoms with Crippen molar-refractivity contribution in [3.8, 4) is 11.1 Å². The number of benzene rings is 3. The van der Waals surface area contributed by atoms with Gasteiger partial charge in [0.2, 0.25) is 0 Å². The Morgan fingerprint density at radius 1 is 1.07 bits per heavy atom. The molecule has 0 saturated heterocycles. The number of rotatable bonds is 11. The highest BCUT2D eigenvalue weighted by molar-refractivity contribution is 6.30. The highest BCUT2D eigenvalue weighted by atomic mass is 35.5. The van der Waals surface area contributed by atoms with Crippen LogP contribution in [0.25, 0.3) is 22.0 Å². The molecule has 41 heavy (non-hydrogen) atoms. The van der Waals surface area contributed by atoms with Crippen LogP contribution in [0.3, 0.4) is 0 Å². The summed E-state index contributed by atoms with van der Waals surface area (Å²) in [4.78, 5) is 16.7. The van der Waals surface area contributed by atoms with Crippen LogP contribution < -0.4 is 16.6 Å². The molecular weight excluding hydrogens is 534 g/mol. The molecule has 4 rings (SSSR count). The van der Waals surface area contributed by atoms with E-state index in [0.29, 0.717) is 28.4 Å². The maximum Gasteiger partial charge on any atom is 0.251 e. The van der Waals surface area contributed by atoms with E-state index < -0.39 is 5.60 Å². The predicted octanol–water partition coefficient (Wildman–Crippen LogP) is 4.62. The summed E-state index contributed by atoms with van der Waals surface area (Å²) in [7, 11) is 7.62. The number of nitrogens with one attached hydrogen (secondary N) is 1. The minimum atomic E-state index is -1.62. The first-order chi connectivity index (χ1) is 19.6. The van der Waals surface area contributed by atoms with E-state index in [1.165, 1.54) is 6.20 Å². The Labute approximate surface area is 246 Å².